The van der Waals surface area contributed by atoms with E-state index in [2.05, 4.69) is 23.4 Å². The van der Waals surface area contributed by atoms with Crippen LogP contribution in [0, 0.1) is 0 Å². The molecule has 0 saturated heterocycles. The second kappa shape index (κ2) is 8.65. The molecule has 0 heterocycles. The lowest BCUT2D eigenvalue weighted by Crippen LogP contribution is -1.62. The van der Waals surface area contributed by atoms with E-state index in [0.717, 1.165) is 11.4 Å². The fourth-order valence-corrected chi connectivity index (χ4v) is 1.10. The Morgan fingerprint density at radius 2 is 0.944 bits per heavy atom. The Bertz CT molecular complexity index is 440. The molecular weight excluding hydrogens is 220 g/mol. The Morgan fingerprint density at radius 3 is 1.22 bits per heavy atom. The first-order valence-electron chi connectivity index (χ1n) is 5.62. The van der Waals surface area contributed by atoms with Gasteiger partial charge in [0.15, 0.2) is 0 Å². The van der Waals surface area contributed by atoms with Gasteiger partial charge in [0.25, 0.3) is 0 Å². The zero-order chi connectivity index (χ0) is 13.1. The van der Waals surface area contributed by atoms with Gasteiger partial charge in [-0.05, 0) is 24.3 Å². The van der Waals surface area contributed by atoms with Gasteiger partial charge in [0.2, 0.25) is 0 Å². The summed E-state index contributed by atoms with van der Waals surface area (Å²) in [6, 6.07) is 19.4. The first-order valence-corrected chi connectivity index (χ1v) is 5.62. The molecule has 2 heteroatoms. The smallest absolute Gasteiger partial charge is 0.0857 e. The zero-order valence-corrected chi connectivity index (χ0v) is 10.2. The molecule has 2 nitrogen and oxygen atoms in total. The summed E-state index contributed by atoms with van der Waals surface area (Å²) in [6.45, 7) is 6.72. The number of nitrogens with zero attached hydrogens (tertiary/aromatic N) is 2. The number of azo groups is 1. The highest BCUT2D eigenvalue weighted by Gasteiger charge is 1.86. The molecule has 2 aromatic carbocycles. The highest BCUT2D eigenvalue weighted by atomic mass is 15.1. The maximum Gasteiger partial charge on any atom is 0.0857 e. The van der Waals surface area contributed by atoms with Crippen molar-refractivity contribution in [2.75, 3.05) is 0 Å². The van der Waals surface area contributed by atoms with Crippen LogP contribution in [0.4, 0.5) is 11.4 Å². The summed E-state index contributed by atoms with van der Waals surface area (Å²) in [5.74, 6) is 0. The van der Waals surface area contributed by atoms with Crippen molar-refractivity contribution < 1.29 is 0 Å². The first kappa shape index (κ1) is 13.6. The molecule has 0 amide bonds. The maximum atomic E-state index is 4.10. The van der Waals surface area contributed by atoms with E-state index in [9.17, 15) is 0 Å². The first-order chi connectivity index (χ1) is 8.86. The third-order valence-corrected chi connectivity index (χ3v) is 1.96. The van der Waals surface area contributed by atoms with E-state index >= 15 is 0 Å². The lowest BCUT2D eigenvalue weighted by molar-refractivity contribution is 1.23. The molecule has 0 unspecified atom stereocenters. The van der Waals surface area contributed by atoms with Crippen LogP contribution in [0.15, 0.2) is 96.2 Å². The van der Waals surface area contributed by atoms with Gasteiger partial charge in [-0.15, -0.1) is 0 Å². The Labute approximate surface area is 108 Å². The van der Waals surface area contributed by atoms with Crippen molar-refractivity contribution in [3.63, 3.8) is 0 Å². The third kappa shape index (κ3) is 5.56. The normalized spacial score (nSPS) is 9.33. The molecular formula is C16H16N2. The summed E-state index contributed by atoms with van der Waals surface area (Å²) >= 11 is 0. The Kier molecular flexibility index (Phi) is 6.53. The van der Waals surface area contributed by atoms with Crippen molar-refractivity contribution in [1.29, 1.82) is 0 Å². The number of rotatable bonds is 3. The molecule has 0 saturated carbocycles. The molecule has 0 aliphatic heterocycles. The van der Waals surface area contributed by atoms with E-state index < -0.39 is 0 Å². The largest absolute Gasteiger partial charge is 0.151 e. The van der Waals surface area contributed by atoms with Crippen molar-refractivity contribution in [2.24, 2.45) is 10.2 Å². The summed E-state index contributed by atoms with van der Waals surface area (Å²) in [5, 5.41) is 8.20. The fraction of sp³-hybridized carbons (Fsp3) is 0. The van der Waals surface area contributed by atoms with Crippen LogP contribution >= 0.6 is 0 Å². The summed E-state index contributed by atoms with van der Waals surface area (Å²) in [7, 11) is 0. The minimum absolute atomic E-state index is 0.872. The van der Waals surface area contributed by atoms with Crippen molar-refractivity contribution in [3.05, 3.63) is 86.0 Å². The molecule has 0 aliphatic rings. The second-order valence-electron chi connectivity index (χ2n) is 3.34. The average molecular weight is 236 g/mol. The molecule has 0 spiro atoms. The number of allylic oxidation sites excluding steroid dienone is 2. The number of hydrogen-bond acceptors (Lipinski definition) is 2. The van der Waals surface area contributed by atoms with E-state index in [-0.39, 0.29) is 0 Å². The highest BCUT2D eigenvalue weighted by molar-refractivity contribution is 5.39. The second-order valence-corrected chi connectivity index (χ2v) is 3.34. The molecule has 0 fully saturated rings. The van der Waals surface area contributed by atoms with Crippen LogP contribution in [0.25, 0.3) is 0 Å². The molecule has 2 rings (SSSR count). The SMILES string of the molecule is C=CC=C.c1ccc(/N=N/c2ccccc2)cc1. The van der Waals surface area contributed by atoms with Gasteiger partial charge in [-0.2, -0.15) is 10.2 Å². The third-order valence-electron chi connectivity index (χ3n) is 1.96. The molecule has 0 bridgehead atoms. The molecule has 18 heavy (non-hydrogen) atoms. The molecule has 90 valence electrons. The monoisotopic (exact) mass is 236 g/mol. The fourth-order valence-electron chi connectivity index (χ4n) is 1.10. The van der Waals surface area contributed by atoms with Crippen LogP contribution in [0.3, 0.4) is 0 Å². The van der Waals surface area contributed by atoms with Crippen LogP contribution in [-0.4, -0.2) is 0 Å². The van der Waals surface area contributed by atoms with Crippen LogP contribution in [0.1, 0.15) is 0 Å². The topological polar surface area (TPSA) is 24.7 Å². The van der Waals surface area contributed by atoms with Crippen molar-refractivity contribution >= 4 is 11.4 Å². The molecule has 0 atom stereocenters. The minimum Gasteiger partial charge on any atom is -0.151 e. The van der Waals surface area contributed by atoms with Crippen LogP contribution in [0.2, 0.25) is 0 Å². The predicted octanol–water partition coefficient (Wildman–Crippen LogP) is 5.46. The van der Waals surface area contributed by atoms with Gasteiger partial charge in [0, 0.05) is 0 Å². The average Bonchev–Trinajstić information content (AvgIpc) is 2.47. The molecule has 0 aromatic heterocycles. The standard InChI is InChI=1S/C12H10N2.C4H6/c1-3-7-11(8-4-1)13-14-12-9-5-2-6-10-12;1-3-4-2/h1-10H;3-4H,1-2H2/b14-13+;. The number of hydrogen-bond donors (Lipinski definition) is 0. The molecule has 0 N–H and O–H groups in total. The minimum atomic E-state index is 0.872. The van der Waals surface area contributed by atoms with Gasteiger partial charge in [-0.25, -0.2) is 0 Å². The van der Waals surface area contributed by atoms with E-state index in [1.807, 2.05) is 60.7 Å². The van der Waals surface area contributed by atoms with Crippen LogP contribution < -0.4 is 0 Å². The maximum absolute atomic E-state index is 4.10. The lowest BCUT2D eigenvalue weighted by Gasteiger charge is -1.91. The van der Waals surface area contributed by atoms with Crippen molar-refractivity contribution in [3.8, 4) is 0 Å². The summed E-state index contributed by atoms with van der Waals surface area (Å²) < 4.78 is 0. The van der Waals surface area contributed by atoms with Crippen molar-refractivity contribution in [1.82, 2.24) is 0 Å². The predicted molar refractivity (Wildman–Crippen MR) is 77.5 cm³/mol. The van der Waals surface area contributed by atoms with E-state index in [1.165, 1.54) is 0 Å². The van der Waals surface area contributed by atoms with Crippen molar-refractivity contribution in [2.45, 2.75) is 0 Å². The number of benzene rings is 2. The van der Waals surface area contributed by atoms with Gasteiger partial charge in [-0.3, -0.25) is 0 Å². The molecule has 0 radical (unpaired) electrons. The Hall–Kier alpha value is -2.48. The summed E-state index contributed by atoms with van der Waals surface area (Å²) in [6.07, 6.45) is 3.28. The van der Waals surface area contributed by atoms with Gasteiger partial charge < -0.3 is 0 Å². The van der Waals surface area contributed by atoms with Gasteiger partial charge in [0.1, 0.15) is 0 Å². The van der Waals surface area contributed by atoms with Gasteiger partial charge >= 0.3 is 0 Å². The van der Waals surface area contributed by atoms with Crippen LogP contribution in [-0.2, 0) is 0 Å². The summed E-state index contributed by atoms with van der Waals surface area (Å²) in [4.78, 5) is 0. The van der Waals surface area contributed by atoms with Crippen LogP contribution in [0.5, 0.6) is 0 Å². The van der Waals surface area contributed by atoms with E-state index in [4.69, 9.17) is 0 Å². The Morgan fingerprint density at radius 1 is 0.611 bits per heavy atom. The molecule has 2 aromatic rings. The van der Waals surface area contributed by atoms with Gasteiger partial charge in [-0.1, -0.05) is 61.7 Å². The Balaban J connectivity index is 0.000000357. The van der Waals surface area contributed by atoms with E-state index in [1.54, 1.807) is 12.2 Å². The van der Waals surface area contributed by atoms with Gasteiger partial charge in [0.05, 0.1) is 11.4 Å². The zero-order valence-electron chi connectivity index (χ0n) is 10.2. The van der Waals surface area contributed by atoms with E-state index in [0.29, 0.717) is 0 Å². The lowest BCUT2D eigenvalue weighted by atomic mass is 10.3. The highest BCUT2D eigenvalue weighted by Crippen LogP contribution is 2.16. The molecule has 0 aliphatic carbocycles. The summed E-state index contributed by atoms with van der Waals surface area (Å²) in [5.41, 5.74) is 1.74. The quantitative estimate of drug-likeness (QED) is 0.499.